The molecule has 0 radical (unpaired) electrons. The van der Waals surface area contributed by atoms with Crippen LogP contribution in [0.3, 0.4) is 0 Å². The molecule has 0 fully saturated rings. The number of hydrogen-bond acceptors (Lipinski definition) is 2. The molecule has 1 amide bonds. The first-order valence-corrected chi connectivity index (χ1v) is 6.02. The largest absolute Gasteiger partial charge is 0.307 e. The summed E-state index contributed by atoms with van der Waals surface area (Å²) in [4.78, 5) is 16.1. The number of pyridine rings is 1. The summed E-state index contributed by atoms with van der Waals surface area (Å²) in [7, 11) is 0. The maximum Gasteiger partial charge on any atom is 0.256 e. The standard InChI is InChI=1S/C13H10Cl2N2O/c1-8-3-2-4-12(16-8)17-13(18)9-5-6-10(14)11(15)7-9/h2-7H,1H3,(H,16,17,18). The topological polar surface area (TPSA) is 42.0 Å². The first-order chi connectivity index (χ1) is 8.56. The number of benzene rings is 1. The molecule has 3 nitrogen and oxygen atoms in total. The number of amides is 1. The summed E-state index contributed by atoms with van der Waals surface area (Å²) in [5, 5.41) is 3.46. The van der Waals surface area contributed by atoms with Crippen molar-refractivity contribution < 1.29 is 4.79 Å². The molecule has 0 saturated carbocycles. The average Bonchev–Trinajstić information content (AvgIpc) is 2.32. The summed E-state index contributed by atoms with van der Waals surface area (Å²) < 4.78 is 0. The number of nitrogens with zero attached hydrogens (tertiary/aromatic N) is 1. The fourth-order valence-electron chi connectivity index (χ4n) is 1.44. The third kappa shape index (κ3) is 3.00. The van der Waals surface area contributed by atoms with E-state index in [1.807, 2.05) is 19.1 Å². The average molecular weight is 281 g/mol. The molecule has 0 unspecified atom stereocenters. The predicted molar refractivity (Wildman–Crippen MR) is 73.4 cm³/mol. The Bertz CT molecular complexity index is 599. The highest BCUT2D eigenvalue weighted by Gasteiger charge is 2.08. The monoisotopic (exact) mass is 280 g/mol. The second-order valence-electron chi connectivity index (χ2n) is 3.75. The number of hydrogen-bond donors (Lipinski definition) is 1. The van der Waals surface area contributed by atoms with Gasteiger partial charge in [-0.3, -0.25) is 4.79 Å². The van der Waals surface area contributed by atoms with Crippen molar-refractivity contribution in [2.45, 2.75) is 6.92 Å². The van der Waals surface area contributed by atoms with E-state index in [2.05, 4.69) is 10.3 Å². The van der Waals surface area contributed by atoms with Crippen molar-refractivity contribution in [3.8, 4) is 0 Å². The van der Waals surface area contributed by atoms with Crippen molar-refractivity contribution in [3.63, 3.8) is 0 Å². The molecule has 2 aromatic rings. The first-order valence-electron chi connectivity index (χ1n) is 5.26. The summed E-state index contributed by atoms with van der Waals surface area (Å²) in [6, 6.07) is 10.1. The molecule has 0 saturated heterocycles. The number of carbonyl (C=O) groups excluding carboxylic acids is 1. The number of rotatable bonds is 2. The smallest absolute Gasteiger partial charge is 0.256 e. The first kappa shape index (κ1) is 12.9. The lowest BCUT2D eigenvalue weighted by Crippen LogP contribution is -2.13. The molecule has 2 rings (SSSR count). The van der Waals surface area contributed by atoms with Gasteiger partial charge in [-0.2, -0.15) is 0 Å². The van der Waals surface area contributed by atoms with Gasteiger partial charge in [0.25, 0.3) is 5.91 Å². The van der Waals surface area contributed by atoms with Crippen LogP contribution in [0, 0.1) is 6.92 Å². The van der Waals surface area contributed by atoms with Gasteiger partial charge in [0.2, 0.25) is 0 Å². The van der Waals surface area contributed by atoms with E-state index in [0.29, 0.717) is 21.4 Å². The van der Waals surface area contributed by atoms with E-state index in [1.54, 1.807) is 18.2 Å². The minimum atomic E-state index is -0.272. The lowest BCUT2D eigenvalue weighted by atomic mass is 10.2. The third-order valence-corrected chi connectivity index (χ3v) is 3.05. The Labute approximate surface area is 115 Å². The van der Waals surface area contributed by atoms with Crippen molar-refractivity contribution in [1.82, 2.24) is 4.98 Å². The van der Waals surface area contributed by atoms with Gasteiger partial charge < -0.3 is 5.32 Å². The molecular weight excluding hydrogens is 271 g/mol. The Morgan fingerprint density at radius 3 is 2.61 bits per heavy atom. The van der Waals surface area contributed by atoms with Crippen LogP contribution < -0.4 is 5.32 Å². The van der Waals surface area contributed by atoms with Gasteiger partial charge in [-0.15, -0.1) is 0 Å². The van der Waals surface area contributed by atoms with Crippen molar-refractivity contribution >= 4 is 34.9 Å². The highest BCUT2D eigenvalue weighted by atomic mass is 35.5. The van der Waals surface area contributed by atoms with Crippen LogP contribution in [0.4, 0.5) is 5.82 Å². The molecule has 0 aliphatic rings. The lowest BCUT2D eigenvalue weighted by Gasteiger charge is -2.05. The number of halogens is 2. The Kier molecular flexibility index (Phi) is 3.84. The third-order valence-electron chi connectivity index (χ3n) is 2.31. The SMILES string of the molecule is Cc1cccc(NC(=O)c2ccc(Cl)c(Cl)c2)n1. The number of nitrogens with one attached hydrogen (secondary N) is 1. The summed E-state index contributed by atoms with van der Waals surface area (Å²) in [6.07, 6.45) is 0. The number of anilines is 1. The Morgan fingerprint density at radius 1 is 1.17 bits per heavy atom. The Morgan fingerprint density at radius 2 is 1.94 bits per heavy atom. The van der Waals surface area contributed by atoms with Gasteiger partial charge in [0.05, 0.1) is 10.0 Å². The van der Waals surface area contributed by atoms with Gasteiger partial charge in [-0.25, -0.2) is 4.98 Å². The zero-order valence-corrected chi connectivity index (χ0v) is 11.1. The molecule has 1 aromatic carbocycles. The van der Waals surface area contributed by atoms with Crippen LogP contribution >= 0.6 is 23.2 Å². The fourth-order valence-corrected chi connectivity index (χ4v) is 1.74. The van der Waals surface area contributed by atoms with Crippen LogP contribution in [-0.4, -0.2) is 10.9 Å². The quantitative estimate of drug-likeness (QED) is 0.905. The van der Waals surface area contributed by atoms with Crippen LogP contribution in [0.2, 0.25) is 10.0 Å². The minimum Gasteiger partial charge on any atom is -0.307 e. The van der Waals surface area contributed by atoms with Gasteiger partial charge in [-0.1, -0.05) is 29.3 Å². The molecular formula is C13H10Cl2N2O. The maximum absolute atomic E-state index is 11.9. The van der Waals surface area contributed by atoms with Crippen molar-refractivity contribution in [1.29, 1.82) is 0 Å². The van der Waals surface area contributed by atoms with Crippen LogP contribution in [0.25, 0.3) is 0 Å². The lowest BCUT2D eigenvalue weighted by molar-refractivity contribution is 0.102. The molecule has 1 aromatic heterocycles. The van der Waals surface area contributed by atoms with Crippen LogP contribution in [0.1, 0.15) is 16.1 Å². The van der Waals surface area contributed by atoms with E-state index < -0.39 is 0 Å². The van der Waals surface area contributed by atoms with Gasteiger partial charge in [-0.05, 0) is 37.3 Å². The molecule has 1 N–H and O–H groups in total. The van der Waals surface area contributed by atoms with Crippen LogP contribution in [0.15, 0.2) is 36.4 Å². The Hall–Kier alpha value is -1.58. The van der Waals surface area contributed by atoms with E-state index in [1.165, 1.54) is 6.07 Å². The van der Waals surface area contributed by atoms with Crippen LogP contribution in [-0.2, 0) is 0 Å². The fraction of sp³-hybridized carbons (Fsp3) is 0.0769. The molecule has 0 spiro atoms. The zero-order chi connectivity index (χ0) is 13.1. The number of aromatic nitrogens is 1. The number of carbonyl (C=O) groups is 1. The van der Waals surface area contributed by atoms with Crippen molar-refractivity contribution in [2.24, 2.45) is 0 Å². The maximum atomic E-state index is 11.9. The van der Waals surface area contributed by atoms with Gasteiger partial charge in [0.15, 0.2) is 0 Å². The summed E-state index contributed by atoms with van der Waals surface area (Å²) >= 11 is 11.6. The minimum absolute atomic E-state index is 0.272. The van der Waals surface area contributed by atoms with Gasteiger partial charge in [0, 0.05) is 11.3 Å². The highest BCUT2D eigenvalue weighted by Crippen LogP contribution is 2.22. The summed E-state index contributed by atoms with van der Waals surface area (Å²) in [5.74, 6) is 0.234. The van der Waals surface area contributed by atoms with Crippen molar-refractivity contribution in [2.75, 3.05) is 5.32 Å². The normalized spacial score (nSPS) is 10.2. The van der Waals surface area contributed by atoms with E-state index in [4.69, 9.17) is 23.2 Å². The molecule has 5 heteroatoms. The van der Waals surface area contributed by atoms with E-state index >= 15 is 0 Å². The molecule has 0 aliphatic carbocycles. The number of aryl methyl sites for hydroxylation is 1. The second kappa shape index (κ2) is 5.38. The summed E-state index contributed by atoms with van der Waals surface area (Å²) in [6.45, 7) is 1.86. The van der Waals surface area contributed by atoms with E-state index in [0.717, 1.165) is 5.69 Å². The van der Waals surface area contributed by atoms with E-state index in [9.17, 15) is 4.79 Å². The second-order valence-corrected chi connectivity index (χ2v) is 4.56. The van der Waals surface area contributed by atoms with Gasteiger partial charge >= 0.3 is 0 Å². The highest BCUT2D eigenvalue weighted by molar-refractivity contribution is 6.42. The van der Waals surface area contributed by atoms with Gasteiger partial charge in [0.1, 0.15) is 5.82 Å². The molecule has 0 aliphatic heterocycles. The van der Waals surface area contributed by atoms with Crippen molar-refractivity contribution in [3.05, 3.63) is 57.7 Å². The van der Waals surface area contributed by atoms with E-state index in [-0.39, 0.29) is 5.91 Å². The zero-order valence-electron chi connectivity index (χ0n) is 9.58. The van der Waals surface area contributed by atoms with Crippen LogP contribution in [0.5, 0.6) is 0 Å². The molecule has 1 heterocycles. The molecule has 0 atom stereocenters. The molecule has 92 valence electrons. The Balaban J connectivity index is 2.19. The molecule has 0 bridgehead atoms. The predicted octanol–water partition coefficient (Wildman–Crippen LogP) is 3.95. The summed E-state index contributed by atoms with van der Waals surface area (Å²) in [5.41, 5.74) is 1.27. The molecule has 18 heavy (non-hydrogen) atoms.